The smallest absolute Gasteiger partial charge is 0.237 e. The van der Waals surface area contributed by atoms with Gasteiger partial charge in [-0.3, -0.25) is 9.69 Å². The number of hydrogen-bond donors (Lipinski definition) is 1. The number of rotatable bonds is 7. The van der Waals surface area contributed by atoms with Gasteiger partial charge in [0.1, 0.15) is 5.75 Å². The fourth-order valence-electron chi connectivity index (χ4n) is 2.84. The Morgan fingerprint density at radius 3 is 2.95 bits per heavy atom. The van der Waals surface area contributed by atoms with E-state index in [0.717, 1.165) is 25.1 Å². The lowest BCUT2D eigenvalue weighted by Gasteiger charge is -2.18. The molecule has 2 rings (SSSR count). The van der Waals surface area contributed by atoms with Crippen LogP contribution in [0.4, 0.5) is 0 Å². The number of likely N-dealkylation sites (tertiary alicyclic amines) is 1. The molecular formula is C17H26N2O3. The van der Waals surface area contributed by atoms with Crippen molar-refractivity contribution in [1.82, 2.24) is 10.2 Å². The minimum absolute atomic E-state index is 0.0836. The van der Waals surface area contributed by atoms with Crippen LogP contribution in [0.2, 0.25) is 0 Å². The Morgan fingerprint density at radius 1 is 1.45 bits per heavy atom. The van der Waals surface area contributed by atoms with E-state index >= 15 is 0 Å². The normalized spacial score (nSPS) is 21.8. The van der Waals surface area contributed by atoms with Crippen LogP contribution in [0.15, 0.2) is 24.3 Å². The number of carbonyl (C=O) groups is 1. The van der Waals surface area contributed by atoms with Crippen LogP contribution in [0.5, 0.6) is 5.75 Å². The van der Waals surface area contributed by atoms with Gasteiger partial charge in [0.05, 0.1) is 18.8 Å². The predicted molar refractivity (Wildman–Crippen MR) is 86.2 cm³/mol. The average molecular weight is 306 g/mol. The zero-order chi connectivity index (χ0) is 15.9. The van der Waals surface area contributed by atoms with E-state index in [2.05, 4.69) is 16.3 Å². The summed E-state index contributed by atoms with van der Waals surface area (Å²) < 4.78 is 10.8. The van der Waals surface area contributed by atoms with Crippen molar-refractivity contribution in [2.24, 2.45) is 0 Å². The lowest BCUT2D eigenvalue weighted by molar-refractivity contribution is -0.125. The summed E-state index contributed by atoms with van der Waals surface area (Å²) in [5, 5.41) is 3.02. The molecule has 5 nitrogen and oxygen atoms in total. The molecule has 1 saturated heterocycles. The fourth-order valence-corrected chi connectivity index (χ4v) is 2.84. The summed E-state index contributed by atoms with van der Waals surface area (Å²) in [6.07, 6.45) is 1.72. The molecule has 0 unspecified atom stereocenters. The largest absolute Gasteiger partial charge is 0.494 e. The number of methoxy groups -OCH3 is 1. The molecule has 1 N–H and O–H groups in total. The van der Waals surface area contributed by atoms with E-state index in [9.17, 15) is 4.79 Å². The highest BCUT2D eigenvalue weighted by molar-refractivity contribution is 5.82. The van der Waals surface area contributed by atoms with Gasteiger partial charge in [-0.1, -0.05) is 12.1 Å². The van der Waals surface area contributed by atoms with Crippen LogP contribution in [-0.4, -0.2) is 56.8 Å². The van der Waals surface area contributed by atoms with Gasteiger partial charge < -0.3 is 14.8 Å². The minimum atomic E-state index is -0.0836. The van der Waals surface area contributed by atoms with E-state index < -0.39 is 0 Å². The maximum absolute atomic E-state index is 12.2. The summed E-state index contributed by atoms with van der Waals surface area (Å²) in [5.41, 5.74) is 1.17. The molecule has 1 aromatic carbocycles. The fraction of sp³-hybridized carbons (Fsp3) is 0.588. The molecule has 0 aromatic heterocycles. The van der Waals surface area contributed by atoms with Gasteiger partial charge in [0.15, 0.2) is 0 Å². The molecule has 0 radical (unpaired) electrons. The van der Waals surface area contributed by atoms with E-state index in [1.807, 2.05) is 32.2 Å². The number of hydrogen-bond acceptors (Lipinski definition) is 4. The van der Waals surface area contributed by atoms with Crippen molar-refractivity contribution >= 4 is 5.91 Å². The first-order chi connectivity index (χ1) is 10.6. The van der Waals surface area contributed by atoms with E-state index in [1.54, 1.807) is 7.11 Å². The molecule has 1 aliphatic heterocycles. The van der Waals surface area contributed by atoms with Crippen molar-refractivity contribution in [3.63, 3.8) is 0 Å². The van der Waals surface area contributed by atoms with E-state index in [4.69, 9.17) is 9.47 Å². The Labute approximate surface area is 132 Å². The number of amides is 1. The summed E-state index contributed by atoms with van der Waals surface area (Å²) >= 11 is 0. The average Bonchev–Trinajstić information content (AvgIpc) is 2.89. The first-order valence-corrected chi connectivity index (χ1v) is 7.86. The second-order valence-electron chi connectivity index (χ2n) is 5.67. The summed E-state index contributed by atoms with van der Waals surface area (Å²) in [5.74, 6) is 0.966. The molecule has 0 spiro atoms. The molecule has 0 aliphatic carbocycles. The minimum Gasteiger partial charge on any atom is -0.494 e. The molecule has 122 valence electrons. The standard InChI is InChI=1S/C17H26N2O3/c1-4-22-14-7-5-6-13(10-14)8-9-18-17(20)16-11-15(21-3)12-19(16)2/h5-7,10,15-16H,4,8-9,11-12H2,1-3H3,(H,18,20)/t15-,16-/m0/s1. The second kappa shape index (κ2) is 8.15. The van der Waals surface area contributed by atoms with Gasteiger partial charge in [0, 0.05) is 20.2 Å². The Hall–Kier alpha value is -1.59. The van der Waals surface area contributed by atoms with Gasteiger partial charge in [-0.05, 0) is 44.5 Å². The molecule has 1 aliphatic rings. The van der Waals surface area contributed by atoms with Crippen LogP contribution < -0.4 is 10.1 Å². The molecule has 1 amide bonds. The number of carbonyl (C=O) groups excluding carboxylic acids is 1. The van der Waals surface area contributed by atoms with Crippen LogP contribution in [0.3, 0.4) is 0 Å². The van der Waals surface area contributed by atoms with Crippen LogP contribution >= 0.6 is 0 Å². The molecular weight excluding hydrogens is 280 g/mol. The van der Waals surface area contributed by atoms with Crippen LogP contribution in [0, 0.1) is 0 Å². The quantitative estimate of drug-likeness (QED) is 0.829. The Balaban J connectivity index is 1.78. The van der Waals surface area contributed by atoms with Gasteiger partial charge in [0.25, 0.3) is 0 Å². The molecule has 0 bridgehead atoms. The Bertz CT molecular complexity index is 493. The summed E-state index contributed by atoms with van der Waals surface area (Å²) in [7, 11) is 3.67. The van der Waals surface area contributed by atoms with Gasteiger partial charge in [-0.2, -0.15) is 0 Å². The topological polar surface area (TPSA) is 50.8 Å². The van der Waals surface area contributed by atoms with Gasteiger partial charge >= 0.3 is 0 Å². The van der Waals surface area contributed by atoms with Crippen molar-refractivity contribution in [2.75, 3.05) is 33.9 Å². The molecule has 1 aromatic rings. The van der Waals surface area contributed by atoms with Crippen LogP contribution in [0.1, 0.15) is 18.9 Å². The van der Waals surface area contributed by atoms with Gasteiger partial charge in [-0.15, -0.1) is 0 Å². The van der Waals surface area contributed by atoms with E-state index in [1.165, 1.54) is 5.56 Å². The first-order valence-electron chi connectivity index (χ1n) is 7.86. The number of likely N-dealkylation sites (N-methyl/N-ethyl adjacent to an activating group) is 1. The van der Waals surface area contributed by atoms with Crippen LogP contribution in [-0.2, 0) is 16.0 Å². The first kappa shape index (κ1) is 16.8. The van der Waals surface area contributed by atoms with Crippen molar-refractivity contribution in [2.45, 2.75) is 31.9 Å². The Kier molecular flexibility index (Phi) is 6.21. The second-order valence-corrected chi connectivity index (χ2v) is 5.67. The monoisotopic (exact) mass is 306 g/mol. The van der Waals surface area contributed by atoms with Crippen molar-refractivity contribution < 1.29 is 14.3 Å². The lowest BCUT2D eigenvalue weighted by atomic mass is 10.1. The molecule has 1 heterocycles. The Morgan fingerprint density at radius 2 is 2.27 bits per heavy atom. The number of benzene rings is 1. The molecule has 0 saturated carbocycles. The van der Waals surface area contributed by atoms with Gasteiger partial charge in [-0.25, -0.2) is 0 Å². The third-order valence-corrected chi connectivity index (χ3v) is 4.07. The van der Waals surface area contributed by atoms with E-state index in [-0.39, 0.29) is 18.1 Å². The lowest BCUT2D eigenvalue weighted by Crippen LogP contribution is -2.42. The molecule has 2 atom stereocenters. The zero-order valence-corrected chi connectivity index (χ0v) is 13.7. The number of ether oxygens (including phenoxy) is 2. The van der Waals surface area contributed by atoms with Crippen molar-refractivity contribution in [1.29, 1.82) is 0 Å². The van der Waals surface area contributed by atoms with Crippen LogP contribution in [0.25, 0.3) is 0 Å². The highest BCUT2D eigenvalue weighted by Crippen LogP contribution is 2.18. The maximum Gasteiger partial charge on any atom is 0.237 e. The number of nitrogens with one attached hydrogen (secondary N) is 1. The molecule has 1 fully saturated rings. The molecule has 22 heavy (non-hydrogen) atoms. The van der Waals surface area contributed by atoms with Gasteiger partial charge in [0.2, 0.25) is 5.91 Å². The summed E-state index contributed by atoms with van der Waals surface area (Å²) in [6.45, 7) is 4.08. The number of nitrogens with zero attached hydrogens (tertiary/aromatic N) is 1. The predicted octanol–water partition coefficient (Wildman–Crippen LogP) is 1.46. The SMILES string of the molecule is CCOc1cccc(CCNC(=O)[C@@H]2C[C@H](OC)CN2C)c1. The highest BCUT2D eigenvalue weighted by Gasteiger charge is 2.34. The highest BCUT2D eigenvalue weighted by atomic mass is 16.5. The van der Waals surface area contributed by atoms with Crippen molar-refractivity contribution in [3.05, 3.63) is 29.8 Å². The summed E-state index contributed by atoms with van der Waals surface area (Å²) in [6, 6.07) is 7.93. The third-order valence-electron chi connectivity index (χ3n) is 4.07. The summed E-state index contributed by atoms with van der Waals surface area (Å²) in [4.78, 5) is 14.3. The maximum atomic E-state index is 12.2. The van der Waals surface area contributed by atoms with Crippen molar-refractivity contribution in [3.8, 4) is 5.75 Å². The zero-order valence-electron chi connectivity index (χ0n) is 13.7. The molecule has 5 heteroatoms. The van der Waals surface area contributed by atoms with E-state index in [0.29, 0.717) is 13.2 Å². The third kappa shape index (κ3) is 4.45.